The molecular formula is C23H24ClN3O3S2. The molecule has 2 aromatic carbocycles. The molecular weight excluding hydrogens is 466 g/mol. The fraction of sp³-hybridized carbons (Fsp3) is 0.261. The van der Waals surface area contributed by atoms with Crippen LogP contribution in [-0.4, -0.2) is 50.7 Å². The second kappa shape index (κ2) is 9.33. The molecule has 0 saturated carbocycles. The lowest BCUT2D eigenvalue weighted by Gasteiger charge is -2.35. The normalized spacial score (nSPS) is 16.7. The van der Waals surface area contributed by atoms with Gasteiger partial charge in [-0.1, -0.05) is 41.9 Å². The fourth-order valence-corrected chi connectivity index (χ4v) is 5.91. The van der Waals surface area contributed by atoms with E-state index in [9.17, 15) is 13.2 Å². The summed E-state index contributed by atoms with van der Waals surface area (Å²) in [5, 5.41) is 5.19. The average Bonchev–Trinajstić information content (AvgIpc) is 3.24. The van der Waals surface area contributed by atoms with Crippen LogP contribution in [0.2, 0.25) is 5.02 Å². The molecule has 1 aromatic heterocycles. The van der Waals surface area contributed by atoms with Gasteiger partial charge in [-0.25, -0.2) is 12.7 Å². The molecule has 4 rings (SSSR count). The van der Waals surface area contributed by atoms with Crippen LogP contribution < -0.4 is 5.32 Å². The number of carbonyl (C=O) groups excluding carboxylic acids is 1. The summed E-state index contributed by atoms with van der Waals surface area (Å²) in [6.07, 6.45) is 0.890. The van der Waals surface area contributed by atoms with Gasteiger partial charge in [0.1, 0.15) is 0 Å². The van der Waals surface area contributed by atoms with Gasteiger partial charge in [-0.2, -0.15) is 0 Å². The minimum absolute atomic E-state index is 0.00660. The standard InChI is InChI=1S/C23H24ClN3O3S2/c1-26(2)32(29,30)17-8-9-19(24)20(14-17)25-22(28)15-27-12-10-21-18(11-13-31-21)23(27)16-6-4-3-5-7-16/h3-9,11,13-14,23H,10,12,15H2,1-2H3,(H,25,28). The molecule has 0 aliphatic carbocycles. The Morgan fingerprint density at radius 2 is 1.94 bits per heavy atom. The molecule has 0 saturated heterocycles. The van der Waals surface area contributed by atoms with Crippen molar-refractivity contribution < 1.29 is 13.2 Å². The molecule has 0 bridgehead atoms. The smallest absolute Gasteiger partial charge is 0.242 e. The van der Waals surface area contributed by atoms with E-state index in [2.05, 4.69) is 33.8 Å². The molecule has 6 nitrogen and oxygen atoms in total. The van der Waals surface area contributed by atoms with Gasteiger partial charge < -0.3 is 5.32 Å². The summed E-state index contributed by atoms with van der Waals surface area (Å²) in [6, 6.07) is 16.6. The lowest BCUT2D eigenvalue weighted by atomic mass is 9.93. The van der Waals surface area contributed by atoms with Gasteiger partial charge in [-0.05, 0) is 47.2 Å². The van der Waals surface area contributed by atoms with E-state index >= 15 is 0 Å². The average molecular weight is 490 g/mol. The van der Waals surface area contributed by atoms with Gasteiger partial charge >= 0.3 is 0 Å². The van der Waals surface area contributed by atoms with Crippen LogP contribution in [-0.2, 0) is 21.2 Å². The molecule has 1 N–H and O–H groups in total. The van der Waals surface area contributed by atoms with Gasteiger partial charge in [0.15, 0.2) is 0 Å². The second-order valence-electron chi connectivity index (χ2n) is 7.81. The summed E-state index contributed by atoms with van der Waals surface area (Å²) in [6.45, 7) is 0.916. The van der Waals surface area contributed by atoms with Crippen LogP contribution in [0.3, 0.4) is 0 Å². The van der Waals surface area contributed by atoms with Crippen molar-refractivity contribution in [1.82, 2.24) is 9.21 Å². The van der Waals surface area contributed by atoms with Crippen LogP contribution in [0.15, 0.2) is 64.9 Å². The molecule has 0 radical (unpaired) electrons. The summed E-state index contributed by atoms with van der Waals surface area (Å²) >= 11 is 8.00. The predicted molar refractivity (Wildman–Crippen MR) is 129 cm³/mol. The molecule has 0 spiro atoms. The molecule has 0 fully saturated rings. The number of anilines is 1. The summed E-state index contributed by atoms with van der Waals surface area (Å²) in [5.41, 5.74) is 2.65. The highest BCUT2D eigenvalue weighted by atomic mass is 35.5. The molecule has 9 heteroatoms. The molecule has 3 aromatic rings. The number of halogens is 1. The third kappa shape index (κ3) is 4.60. The Labute approximate surface area is 197 Å². The van der Waals surface area contributed by atoms with Crippen molar-refractivity contribution in [3.8, 4) is 0 Å². The van der Waals surface area contributed by atoms with E-state index in [4.69, 9.17) is 11.6 Å². The lowest BCUT2D eigenvalue weighted by molar-refractivity contribution is -0.117. The van der Waals surface area contributed by atoms with E-state index in [-0.39, 0.29) is 34.1 Å². The Kier molecular flexibility index (Phi) is 6.69. The predicted octanol–water partition coefficient (Wildman–Crippen LogP) is 4.24. The van der Waals surface area contributed by atoms with Gasteiger partial charge in [0.2, 0.25) is 15.9 Å². The highest BCUT2D eigenvalue weighted by Crippen LogP contribution is 2.37. The van der Waals surface area contributed by atoms with Crippen molar-refractivity contribution in [2.75, 3.05) is 32.5 Å². The molecule has 1 aliphatic rings. The van der Waals surface area contributed by atoms with Crippen LogP contribution in [0.5, 0.6) is 0 Å². The molecule has 168 valence electrons. The Morgan fingerprint density at radius 1 is 1.19 bits per heavy atom. The first-order chi connectivity index (χ1) is 15.3. The third-order valence-corrected chi connectivity index (χ3v) is 8.66. The van der Waals surface area contributed by atoms with Crippen molar-refractivity contribution in [2.24, 2.45) is 0 Å². The minimum Gasteiger partial charge on any atom is -0.324 e. The third-order valence-electron chi connectivity index (χ3n) is 5.52. The summed E-state index contributed by atoms with van der Waals surface area (Å²) < 4.78 is 26.0. The van der Waals surface area contributed by atoms with Crippen LogP contribution in [0, 0.1) is 0 Å². The summed E-state index contributed by atoms with van der Waals surface area (Å²) in [4.78, 5) is 16.6. The summed E-state index contributed by atoms with van der Waals surface area (Å²) in [7, 11) is -0.718. The Hall–Kier alpha value is -2.23. The highest BCUT2D eigenvalue weighted by molar-refractivity contribution is 7.89. The van der Waals surface area contributed by atoms with E-state index in [0.29, 0.717) is 0 Å². The second-order valence-corrected chi connectivity index (χ2v) is 11.4. The zero-order valence-corrected chi connectivity index (χ0v) is 20.2. The number of rotatable bonds is 6. The van der Waals surface area contributed by atoms with E-state index in [1.165, 1.54) is 42.7 Å². The van der Waals surface area contributed by atoms with Crippen LogP contribution in [0.1, 0.15) is 22.0 Å². The van der Waals surface area contributed by atoms with Crippen molar-refractivity contribution in [2.45, 2.75) is 17.4 Å². The Bertz CT molecular complexity index is 1230. The topological polar surface area (TPSA) is 69.7 Å². The van der Waals surface area contributed by atoms with Crippen LogP contribution >= 0.6 is 22.9 Å². The number of amides is 1. The number of thiophene rings is 1. The molecule has 32 heavy (non-hydrogen) atoms. The number of fused-ring (bicyclic) bond motifs is 1. The highest BCUT2D eigenvalue weighted by Gasteiger charge is 2.31. The van der Waals surface area contributed by atoms with Crippen molar-refractivity contribution in [1.29, 1.82) is 0 Å². The van der Waals surface area contributed by atoms with Gasteiger partial charge in [0.25, 0.3) is 0 Å². The Morgan fingerprint density at radius 3 is 2.66 bits per heavy atom. The van der Waals surface area contributed by atoms with Crippen LogP contribution in [0.25, 0.3) is 0 Å². The van der Waals surface area contributed by atoms with Gasteiger partial charge in [-0.3, -0.25) is 9.69 Å². The van der Waals surface area contributed by atoms with Crippen molar-refractivity contribution >= 4 is 44.6 Å². The molecule has 1 amide bonds. The van der Waals surface area contributed by atoms with Crippen molar-refractivity contribution in [3.05, 3.63) is 81.0 Å². The van der Waals surface area contributed by atoms with Gasteiger partial charge in [0.05, 0.1) is 28.2 Å². The van der Waals surface area contributed by atoms with Crippen molar-refractivity contribution in [3.63, 3.8) is 0 Å². The van der Waals surface area contributed by atoms with Gasteiger partial charge in [-0.15, -0.1) is 11.3 Å². The first-order valence-corrected chi connectivity index (χ1v) is 12.8. The SMILES string of the molecule is CN(C)S(=O)(=O)c1ccc(Cl)c(NC(=O)CN2CCc3sccc3C2c2ccccc2)c1. The van der Waals surface area contributed by atoms with Crippen LogP contribution in [0.4, 0.5) is 5.69 Å². The molecule has 1 atom stereocenters. The maximum Gasteiger partial charge on any atom is 0.242 e. The maximum atomic E-state index is 13.0. The first kappa shape index (κ1) is 22.9. The molecule has 1 unspecified atom stereocenters. The number of hydrogen-bond donors (Lipinski definition) is 1. The summed E-state index contributed by atoms with van der Waals surface area (Å²) in [5.74, 6) is -0.245. The van der Waals surface area contributed by atoms with E-state index < -0.39 is 10.0 Å². The zero-order chi connectivity index (χ0) is 22.9. The van der Waals surface area contributed by atoms with Gasteiger partial charge in [0, 0.05) is 25.5 Å². The Balaban J connectivity index is 1.57. The number of sulfonamides is 1. The quantitative estimate of drug-likeness (QED) is 0.562. The maximum absolute atomic E-state index is 13.0. The largest absolute Gasteiger partial charge is 0.324 e. The number of hydrogen-bond acceptors (Lipinski definition) is 5. The number of carbonyl (C=O) groups is 1. The first-order valence-electron chi connectivity index (χ1n) is 10.1. The van der Waals surface area contributed by atoms with E-state index in [1.807, 2.05) is 18.2 Å². The molecule has 2 heterocycles. The lowest BCUT2D eigenvalue weighted by Crippen LogP contribution is -2.40. The van der Waals surface area contributed by atoms with E-state index in [1.54, 1.807) is 11.3 Å². The zero-order valence-electron chi connectivity index (χ0n) is 17.8. The fourth-order valence-electron chi connectivity index (χ4n) is 3.91. The number of nitrogens with one attached hydrogen (secondary N) is 1. The number of nitrogens with zero attached hydrogens (tertiary/aromatic N) is 2. The van der Waals surface area contributed by atoms with E-state index in [0.717, 1.165) is 22.8 Å². The monoisotopic (exact) mass is 489 g/mol. The number of benzene rings is 2. The molecule has 1 aliphatic heterocycles. The minimum atomic E-state index is -3.64.